The van der Waals surface area contributed by atoms with Crippen LogP contribution < -0.4 is 4.74 Å². The van der Waals surface area contributed by atoms with Crippen LogP contribution in [0.1, 0.15) is 56.3 Å². The van der Waals surface area contributed by atoms with E-state index in [2.05, 4.69) is 0 Å². The molecule has 9 heteroatoms. The topological polar surface area (TPSA) is 102 Å². The molecule has 4 rings (SSSR count). The maximum absolute atomic E-state index is 14.5. The summed E-state index contributed by atoms with van der Waals surface area (Å²) in [6, 6.07) is 3.53. The Morgan fingerprint density at radius 1 is 1.19 bits per heavy atom. The molecule has 3 aliphatic rings. The van der Waals surface area contributed by atoms with Crippen LogP contribution in [0.4, 0.5) is 4.39 Å². The molecule has 0 radical (unpaired) electrons. The largest absolute Gasteiger partial charge is 0.748 e. The van der Waals surface area contributed by atoms with Crippen LogP contribution >= 0.6 is 0 Å². The van der Waals surface area contributed by atoms with Crippen molar-refractivity contribution in [2.45, 2.75) is 58.3 Å². The minimum atomic E-state index is -4.49. The molecule has 0 aromatic heterocycles. The predicted molar refractivity (Wildman–Crippen MR) is 112 cm³/mol. The molecule has 6 unspecified atom stereocenters. The molecule has 0 spiro atoms. The van der Waals surface area contributed by atoms with Crippen LogP contribution in [-0.2, 0) is 19.6 Å². The summed E-state index contributed by atoms with van der Waals surface area (Å²) in [6.07, 6.45) is 5.58. The van der Waals surface area contributed by atoms with E-state index in [1.54, 1.807) is 0 Å². The van der Waals surface area contributed by atoms with Crippen LogP contribution in [0.15, 0.2) is 18.2 Å². The molecule has 0 saturated heterocycles. The molecule has 0 N–H and O–H groups in total. The first-order chi connectivity index (χ1) is 15.1. The van der Waals surface area contributed by atoms with E-state index < -0.39 is 40.6 Å². The molecular formula is C23H30FO7S-. The summed E-state index contributed by atoms with van der Waals surface area (Å²) in [7, 11) is -4.49. The number of fused-ring (bicyclic) bond motifs is 5. The van der Waals surface area contributed by atoms with E-state index in [4.69, 9.17) is 14.2 Å². The fraction of sp³-hybridized carbons (Fsp3) is 0.696. The van der Waals surface area contributed by atoms with Gasteiger partial charge in [-0.2, -0.15) is 0 Å². The molecular weight excluding hydrogens is 439 g/mol. The molecule has 7 nitrogen and oxygen atoms in total. The molecule has 1 aromatic rings. The van der Waals surface area contributed by atoms with Crippen molar-refractivity contribution in [3.63, 3.8) is 0 Å². The van der Waals surface area contributed by atoms with Gasteiger partial charge in [-0.05, 0) is 67.6 Å². The highest BCUT2D eigenvalue weighted by Crippen LogP contribution is 2.59. The minimum absolute atomic E-state index is 0.000855. The van der Waals surface area contributed by atoms with Crippen LogP contribution in [0.3, 0.4) is 0 Å². The molecule has 0 heterocycles. The number of esters is 1. The van der Waals surface area contributed by atoms with Gasteiger partial charge in [0.15, 0.2) is 11.6 Å². The fourth-order valence-corrected chi connectivity index (χ4v) is 6.11. The van der Waals surface area contributed by atoms with Crippen molar-refractivity contribution < 1.29 is 36.4 Å². The van der Waals surface area contributed by atoms with Gasteiger partial charge in [0, 0.05) is 5.92 Å². The van der Waals surface area contributed by atoms with Crippen molar-refractivity contribution in [3.05, 3.63) is 29.6 Å². The number of benzene rings is 1. The van der Waals surface area contributed by atoms with Crippen molar-refractivity contribution in [1.82, 2.24) is 0 Å². The molecule has 1 aromatic carbocycles. The molecule has 3 saturated carbocycles. The minimum Gasteiger partial charge on any atom is -0.748 e. The standard InChI is InChI=1S/C23H31FO7S/c1-13(2)23(30-20-12-15-10-18(20)17-5-3-4-16(15)17)31-21-11-14(6-7-19(21)24)22(25)29-8-9-32(26,27)28/h6-7,11,13,15-18,20,23H,3-5,8-10,12H2,1-2H3,(H,26,27,28)/p-1. The Labute approximate surface area is 188 Å². The molecule has 32 heavy (non-hydrogen) atoms. The first-order valence-electron chi connectivity index (χ1n) is 11.3. The number of carbonyl (C=O) groups excluding carboxylic acids is 1. The zero-order chi connectivity index (χ0) is 23.0. The summed E-state index contributed by atoms with van der Waals surface area (Å²) in [6.45, 7) is 3.31. The monoisotopic (exact) mass is 469 g/mol. The zero-order valence-electron chi connectivity index (χ0n) is 18.4. The maximum atomic E-state index is 14.5. The first-order valence-corrected chi connectivity index (χ1v) is 12.9. The lowest BCUT2D eigenvalue weighted by Gasteiger charge is -2.35. The van der Waals surface area contributed by atoms with Gasteiger partial charge >= 0.3 is 5.97 Å². The summed E-state index contributed by atoms with van der Waals surface area (Å²) in [4.78, 5) is 12.2. The second-order valence-electron chi connectivity index (χ2n) is 9.60. The van der Waals surface area contributed by atoms with Crippen LogP contribution in [0.5, 0.6) is 5.75 Å². The highest BCUT2D eigenvalue weighted by Gasteiger charge is 2.54. The van der Waals surface area contributed by atoms with Gasteiger partial charge in [0.25, 0.3) is 0 Å². The Morgan fingerprint density at radius 2 is 1.94 bits per heavy atom. The molecule has 6 atom stereocenters. The first kappa shape index (κ1) is 23.4. The van der Waals surface area contributed by atoms with Gasteiger partial charge in [0.05, 0.1) is 27.5 Å². The van der Waals surface area contributed by atoms with E-state index in [9.17, 15) is 22.2 Å². The number of ether oxygens (including phenoxy) is 3. The van der Waals surface area contributed by atoms with Crippen molar-refractivity contribution in [2.24, 2.45) is 29.6 Å². The maximum Gasteiger partial charge on any atom is 0.338 e. The van der Waals surface area contributed by atoms with Crippen molar-refractivity contribution in [3.8, 4) is 5.75 Å². The normalized spacial score (nSPS) is 29.8. The number of hydrogen-bond acceptors (Lipinski definition) is 7. The quantitative estimate of drug-likeness (QED) is 0.308. The number of rotatable bonds is 9. The summed E-state index contributed by atoms with van der Waals surface area (Å²) >= 11 is 0. The van der Waals surface area contributed by atoms with Crippen LogP contribution in [0.2, 0.25) is 0 Å². The van der Waals surface area contributed by atoms with Crippen LogP contribution in [0.25, 0.3) is 0 Å². The third-order valence-corrected chi connectivity index (χ3v) is 7.86. The summed E-state index contributed by atoms with van der Waals surface area (Å²) < 4.78 is 63.5. The van der Waals surface area contributed by atoms with Gasteiger partial charge in [-0.3, -0.25) is 0 Å². The lowest BCUT2D eigenvalue weighted by atomic mass is 9.80. The van der Waals surface area contributed by atoms with Crippen molar-refractivity contribution in [1.29, 1.82) is 0 Å². The summed E-state index contributed by atoms with van der Waals surface area (Å²) in [5.41, 5.74) is 0.000855. The van der Waals surface area contributed by atoms with Gasteiger partial charge in [-0.25, -0.2) is 17.6 Å². The summed E-state index contributed by atoms with van der Waals surface area (Å²) in [5, 5.41) is 0. The van der Waals surface area contributed by atoms with E-state index in [1.807, 2.05) is 13.8 Å². The van der Waals surface area contributed by atoms with Crippen molar-refractivity contribution >= 4 is 16.1 Å². The molecule has 3 fully saturated rings. The van der Waals surface area contributed by atoms with E-state index in [0.29, 0.717) is 5.92 Å². The number of carbonyl (C=O) groups is 1. The van der Waals surface area contributed by atoms with E-state index in [0.717, 1.165) is 30.2 Å². The lowest BCUT2D eigenvalue weighted by Crippen LogP contribution is -2.37. The number of halogens is 1. The van der Waals surface area contributed by atoms with E-state index in [1.165, 1.54) is 37.8 Å². The second kappa shape index (κ2) is 9.27. The molecule has 0 aliphatic heterocycles. The lowest BCUT2D eigenvalue weighted by molar-refractivity contribution is -0.163. The smallest absolute Gasteiger partial charge is 0.338 e. The highest BCUT2D eigenvalue weighted by atomic mass is 32.2. The Morgan fingerprint density at radius 3 is 2.66 bits per heavy atom. The van der Waals surface area contributed by atoms with Gasteiger partial charge < -0.3 is 18.8 Å². The third-order valence-electron chi connectivity index (χ3n) is 7.20. The number of hydrogen-bond donors (Lipinski definition) is 0. The molecule has 2 bridgehead atoms. The molecule has 0 amide bonds. The van der Waals surface area contributed by atoms with Gasteiger partial charge in [0.1, 0.15) is 6.61 Å². The average molecular weight is 470 g/mol. The zero-order valence-corrected chi connectivity index (χ0v) is 19.2. The Hall–Kier alpha value is -1.71. The van der Waals surface area contributed by atoms with E-state index >= 15 is 0 Å². The van der Waals surface area contributed by atoms with Gasteiger partial charge in [-0.15, -0.1) is 0 Å². The second-order valence-corrected chi connectivity index (χ2v) is 11.1. The molecule has 178 valence electrons. The fourth-order valence-electron chi connectivity index (χ4n) is 5.82. The van der Waals surface area contributed by atoms with Crippen LogP contribution in [-0.4, -0.2) is 43.7 Å². The molecule has 3 aliphatic carbocycles. The average Bonchev–Trinajstić information content (AvgIpc) is 3.41. The predicted octanol–water partition coefficient (Wildman–Crippen LogP) is 3.73. The van der Waals surface area contributed by atoms with Crippen molar-refractivity contribution in [2.75, 3.05) is 12.4 Å². The Balaban J connectivity index is 1.41. The Kier molecular flexibility index (Phi) is 6.79. The van der Waals surface area contributed by atoms with Crippen LogP contribution in [0, 0.1) is 35.4 Å². The summed E-state index contributed by atoms with van der Waals surface area (Å²) in [5.74, 6) is 0.357. The Bertz CT molecular complexity index is 948. The highest BCUT2D eigenvalue weighted by molar-refractivity contribution is 7.85. The SMILES string of the molecule is CC(C)C(Oc1cc(C(=O)OCCS(=O)(=O)[O-])ccc1F)OC1CC2CC1C1CCCC21. The third kappa shape index (κ3) is 5.10. The van der Waals surface area contributed by atoms with Gasteiger partial charge in [-0.1, -0.05) is 20.3 Å². The van der Waals surface area contributed by atoms with E-state index in [-0.39, 0.29) is 23.3 Å². The van der Waals surface area contributed by atoms with Gasteiger partial charge in [0.2, 0.25) is 6.29 Å².